The Bertz CT molecular complexity index is 734. The van der Waals surface area contributed by atoms with Gasteiger partial charge in [-0.2, -0.15) is 0 Å². The Morgan fingerprint density at radius 3 is 2.29 bits per heavy atom. The van der Waals surface area contributed by atoms with Crippen molar-refractivity contribution in [1.82, 2.24) is 9.88 Å². The maximum atomic E-state index is 11.1. The SMILES string of the molecule is CCCCCN(CCCCC)CC(C)(O)CNc1cc(OC)cc2cccnc12.Cl.Cl. The Kier molecular flexibility index (Phi) is 14.9. The third-order valence-corrected chi connectivity index (χ3v) is 5.29. The number of hydrogen-bond acceptors (Lipinski definition) is 5. The number of anilines is 1. The molecule has 31 heavy (non-hydrogen) atoms. The molecule has 178 valence electrons. The molecule has 1 aromatic heterocycles. The number of halogens is 2. The van der Waals surface area contributed by atoms with E-state index < -0.39 is 5.60 Å². The second-order valence-electron chi connectivity index (χ2n) is 8.29. The molecular weight excluding hydrogens is 433 g/mol. The van der Waals surface area contributed by atoms with Crippen molar-refractivity contribution in [3.63, 3.8) is 0 Å². The van der Waals surface area contributed by atoms with E-state index in [9.17, 15) is 5.11 Å². The first-order valence-electron chi connectivity index (χ1n) is 11.1. The summed E-state index contributed by atoms with van der Waals surface area (Å²) in [6, 6.07) is 7.88. The van der Waals surface area contributed by atoms with Crippen molar-refractivity contribution in [3.05, 3.63) is 30.5 Å². The first-order chi connectivity index (χ1) is 14.0. The lowest BCUT2D eigenvalue weighted by atomic mass is 10.0. The van der Waals surface area contributed by atoms with Crippen molar-refractivity contribution in [2.75, 3.05) is 38.6 Å². The zero-order valence-corrected chi connectivity index (χ0v) is 21.2. The van der Waals surface area contributed by atoms with Crippen molar-refractivity contribution >= 4 is 41.4 Å². The number of aromatic nitrogens is 1. The molecule has 0 aliphatic rings. The van der Waals surface area contributed by atoms with Gasteiger partial charge in [0, 0.05) is 30.7 Å². The van der Waals surface area contributed by atoms with Gasteiger partial charge in [0.2, 0.25) is 0 Å². The van der Waals surface area contributed by atoms with Crippen LogP contribution >= 0.6 is 24.8 Å². The molecule has 0 spiro atoms. The van der Waals surface area contributed by atoms with Crippen LogP contribution < -0.4 is 10.1 Å². The van der Waals surface area contributed by atoms with Gasteiger partial charge in [-0.25, -0.2) is 0 Å². The topological polar surface area (TPSA) is 57.6 Å². The van der Waals surface area contributed by atoms with E-state index >= 15 is 0 Å². The quantitative estimate of drug-likeness (QED) is 0.332. The third-order valence-electron chi connectivity index (χ3n) is 5.29. The Labute approximate surface area is 200 Å². The maximum absolute atomic E-state index is 11.1. The smallest absolute Gasteiger partial charge is 0.121 e. The maximum Gasteiger partial charge on any atom is 0.121 e. The number of nitrogens with one attached hydrogen (secondary N) is 1. The van der Waals surface area contributed by atoms with Crippen molar-refractivity contribution in [1.29, 1.82) is 0 Å². The van der Waals surface area contributed by atoms with Gasteiger partial charge in [0.15, 0.2) is 0 Å². The van der Waals surface area contributed by atoms with Gasteiger partial charge in [0.25, 0.3) is 0 Å². The first kappa shape index (κ1) is 29.7. The molecule has 0 radical (unpaired) electrons. The highest BCUT2D eigenvalue weighted by Gasteiger charge is 2.24. The fourth-order valence-corrected chi connectivity index (χ4v) is 3.68. The number of ether oxygens (including phenoxy) is 1. The van der Waals surface area contributed by atoms with Crippen LogP contribution in [0.1, 0.15) is 59.3 Å². The molecule has 0 fully saturated rings. The molecule has 2 N–H and O–H groups in total. The lowest BCUT2D eigenvalue weighted by Crippen LogP contribution is -2.46. The fourth-order valence-electron chi connectivity index (χ4n) is 3.68. The van der Waals surface area contributed by atoms with E-state index in [1.807, 2.05) is 31.2 Å². The van der Waals surface area contributed by atoms with E-state index in [-0.39, 0.29) is 24.8 Å². The van der Waals surface area contributed by atoms with E-state index in [1.54, 1.807) is 13.3 Å². The lowest BCUT2D eigenvalue weighted by molar-refractivity contribution is 0.0298. The largest absolute Gasteiger partial charge is 0.497 e. The van der Waals surface area contributed by atoms with Gasteiger partial charge >= 0.3 is 0 Å². The summed E-state index contributed by atoms with van der Waals surface area (Å²) in [6.45, 7) is 9.62. The highest BCUT2D eigenvalue weighted by Crippen LogP contribution is 2.28. The summed E-state index contributed by atoms with van der Waals surface area (Å²) in [6.07, 6.45) is 9.10. The molecule has 1 atom stereocenters. The predicted octanol–water partition coefficient (Wildman–Crippen LogP) is 5.93. The minimum absolute atomic E-state index is 0. The summed E-state index contributed by atoms with van der Waals surface area (Å²) >= 11 is 0. The molecule has 7 heteroatoms. The van der Waals surface area contributed by atoms with Crippen LogP contribution in [0.2, 0.25) is 0 Å². The van der Waals surface area contributed by atoms with Crippen LogP contribution in [0.25, 0.3) is 10.9 Å². The molecule has 0 saturated carbocycles. The zero-order valence-electron chi connectivity index (χ0n) is 19.5. The standard InChI is InChI=1S/C24H39N3O2.2ClH/c1-5-7-9-14-27(15-10-8-6-2)19-24(3,28)18-26-22-17-21(29-4)16-20-12-11-13-25-23(20)22;;/h11-13,16-17,26,28H,5-10,14-15,18-19H2,1-4H3;2*1H. The van der Waals surface area contributed by atoms with Crippen LogP contribution in [0, 0.1) is 0 Å². The molecule has 0 amide bonds. The normalized spacial score (nSPS) is 12.7. The molecule has 1 heterocycles. The molecule has 0 bridgehead atoms. The summed E-state index contributed by atoms with van der Waals surface area (Å²) in [5.41, 5.74) is 0.957. The summed E-state index contributed by atoms with van der Waals surface area (Å²) in [4.78, 5) is 6.93. The van der Waals surface area contributed by atoms with E-state index in [4.69, 9.17) is 4.74 Å². The number of benzene rings is 1. The summed E-state index contributed by atoms with van der Waals surface area (Å²) in [5, 5.41) is 15.5. The number of aliphatic hydroxyl groups is 1. The van der Waals surface area contributed by atoms with Crippen molar-refractivity contribution in [2.45, 2.75) is 64.9 Å². The van der Waals surface area contributed by atoms with Crippen LogP contribution in [0.5, 0.6) is 5.75 Å². The van der Waals surface area contributed by atoms with Gasteiger partial charge in [-0.1, -0.05) is 45.6 Å². The monoisotopic (exact) mass is 473 g/mol. The van der Waals surface area contributed by atoms with E-state index in [2.05, 4.69) is 29.0 Å². The molecule has 1 aromatic carbocycles. The molecule has 2 aromatic rings. The summed E-state index contributed by atoms with van der Waals surface area (Å²) in [7, 11) is 1.67. The number of methoxy groups -OCH3 is 1. The number of fused-ring (bicyclic) bond motifs is 1. The summed E-state index contributed by atoms with van der Waals surface area (Å²) in [5.74, 6) is 0.786. The molecule has 0 saturated heterocycles. The molecule has 0 aliphatic carbocycles. The fraction of sp³-hybridized carbons (Fsp3) is 0.625. The number of hydrogen-bond donors (Lipinski definition) is 2. The zero-order chi connectivity index (χ0) is 21.1. The van der Waals surface area contributed by atoms with Gasteiger partial charge in [0.05, 0.1) is 23.9 Å². The number of rotatable bonds is 14. The number of nitrogens with zero attached hydrogens (tertiary/aromatic N) is 2. The van der Waals surface area contributed by atoms with E-state index in [0.717, 1.165) is 35.4 Å². The Morgan fingerprint density at radius 2 is 1.71 bits per heavy atom. The molecule has 5 nitrogen and oxygen atoms in total. The average Bonchev–Trinajstić information content (AvgIpc) is 2.71. The van der Waals surface area contributed by atoms with Gasteiger partial charge in [0.1, 0.15) is 5.75 Å². The van der Waals surface area contributed by atoms with Crippen LogP contribution in [-0.4, -0.2) is 53.9 Å². The second kappa shape index (κ2) is 15.5. The Hall–Kier alpha value is -1.27. The minimum Gasteiger partial charge on any atom is -0.497 e. The molecular formula is C24H41Cl2N3O2. The third kappa shape index (κ3) is 10.3. The van der Waals surface area contributed by atoms with Gasteiger partial charge < -0.3 is 20.1 Å². The van der Waals surface area contributed by atoms with Gasteiger partial charge in [-0.15, -0.1) is 24.8 Å². The molecule has 1 unspecified atom stereocenters. The Balaban J connectivity index is 0.00000450. The number of unbranched alkanes of at least 4 members (excludes halogenated alkanes) is 4. The average molecular weight is 475 g/mol. The molecule has 0 aliphatic heterocycles. The van der Waals surface area contributed by atoms with Crippen LogP contribution in [0.15, 0.2) is 30.5 Å². The predicted molar refractivity (Wildman–Crippen MR) is 137 cm³/mol. The van der Waals surface area contributed by atoms with E-state index in [1.165, 1.54) is 38.5 Å². The minimum atomic E-state index is -0.831. The molecule has 2 rings (SSSR count). The van der Waals surface area contributed by atoms with Crippen LogP contribution in [0.4, 0.5) is 5.69 Å². The van der Waals surface area contributed by atoms with Crippen LogP contribution in [0.3, 0.4) is 0 Å². The second-order valence-corrected chi connectivity index (χ2v) is 8.29. The number of pyridine rings is 1. The highest BCUT2D eigenvalue weighted by molar-refractivity contribution is 5.91. The van der Waals surface area contributed by atoms with Gasteiger partial charge in [-0.3, -0.25) is 4.98 Å². The van der Waals surface area contributed by atoms with Gasteiger partial charge in [-0.05, 0) is 45.0 Å². The highest BCUT2D eigenvalue weighted by atomic mass is 35.5. The van der Waals surface area contributed by atoms with E-state index in [0.29, 0.717) is 13.1 Å². The lowest BCUT2D eigenvalue weighted by Gasteiger charge is -2.32. The van der Waals surface area contributed by atoms with Crippen molar-refractivity contribution in [3.8, 4) is 5.75 Å². The Morgan fingerprint density at radius 1 is 1.06 bits per heavy atom. The van der Waals surface area contributed by atoms with Crippen molar-refractivity contribution in [2.24, 2.45) is 0 Å². The summed E-state index contributed by atoms with van der Waals surface area (Å²) < 4.78 is 5.43. The first-order valence-corrected chi connectivity index (χ1v) is 11.1. The van der Waals surface area contributed by atoms with Crippen LogP contribution in [-0.2, 0) is 0 Å². The van der Waals surface area contributed by atoms with Crippen molar-refractivity contribution < 1.29 is 9.84 Å².